The Morgan fingerprint density at radius 1 is 1.28 bits per heavy atom. The lowest BCUT2D eigenvalue weighted by atomic mass is 10.0. The molecule has 9 heteroatoms. The van der Waals surface area contributed by atoms with E-state index in [1.165, 1.54) is 11.3 Å². The van der Waals surface area contributed by atoms with E-state index in [9.17, 15) is 4.79 Å². The van der Waals surface area contributed by atoms with Gasteiger partial charge in [-0.25, -0.2) is 4.98 Å². The molecule has 124 valence electrons. The van der Waals surface area contributed by atoms with Crippen LogP contribution in [0.5, 0.6) is 0 Å². The van der Waals surface area contributed by atoms with Crippen LogP contribution in [0.2, 0.25) is 0 Å². The summed E-state index contributed by atoms with van der Waals surface area (Å²) < 4.78 is 1.75. The first-order valence-corrected chi connectivity index (χ1v) is 8.44. The second kappa shape index (κ2) is 6.36. The highest BCUT2D eigenvalue weighted by molar-refractivity contribution is 7.07. The number of hydrogen-bond acceptors (Lipinski definition) is 7. The van der Waals surface area contributed by atoms with Crippen molar-refractivity contribution in [3.63, 3.8) is 0 Å². The second-order valence-electron chi connectivity index (χ2n) is 5.44. The Kier molecular flexibility index (Phi) is 3.90. The van der Waals surface area contributed by atoms with Gasteiger partial charge in [0.2, 0.25) is 5.91 Å². The largest absolute Gasteiger partial charge is 0.369 e. The molecule has 1 amide bonds. The molecular formula is C16H13N7OS. The summed E-state index contributed by atoms with van der Waals surface area (Å²) in [5, 5.41) is 10.2. The summed E-state index contributed by atoms with van der Waals surface area (Å²) >= 11 is 1.47. The van der Waals surface area contributed by atoms with E-state index >= 15 is 0 Å². The van der Waals surface area contributed by atoms with Crippen LogP contribution in [0.1, 0.15) is 17.4 Å². The van der Waals surface area contributed by atoms with Gasteiger partial charge in [-0.05, 0) is 12.1 Å². The van der Waals surface area contributed by atoms with Crippen LogP contribution in [0.3, 0.4) is 0 Å². The number of pyridine rings is 1. The topological polar surface area (TPSA) is 112 Å². The van der Waals surface area contributed by atoms with E-state index in [1.807, 2.05) is 17.5 Å². The predicted octanol–water partition coefficient (Wildman–Crippen LogP) is 1.45. The van der Waals surface area contributed by atoms with Gasteiger partial charge in [-0.3, -0.25) is 19.2 Å². The van der Waals surface area contributed by atoms with Gasteiger partial charge in [0.25, 0.3) is 0 Å². The molecule has 0 fully saturated rings. The van der Waals surface area contributed by atoms with Crippen LogP contribution in [-0.4, -0.2) is 35.5 Å². The van der Waals surface area contributed by atoms with E-state index in [1.54, 1.807) is 34.7 Å². The van der Waals surface area contributed by atoms with Gasteiger partial charge in [0.05, 0.1) is 23.1 Å². The molecule has 0 bridgehead atoms. The van der Waals surface area contributed by atoms with E-state index < -0.39 is 11.8 Å². The molecule has 4 rings (SSSR count). The highest BCUT2D eigenvalue weighted by Crippen LogP contribution is 2.22. The minimum atomic E-state index is -0.624. The van der Waals surface area contributed by atoms with Crippen LogP contribution < -0.4 is 5.73 Å². The van der Waals surface area contributed by atoms with Crippen molar-refractivity contribution in [1.82, 2.24) is 29.5 Å². The third-order valence-corrected chi connectivity index (χ3v) is 4.46. The molecule has 0 aliphatic rings. The third kappa shape index (κ3) is 2.96. The van der Waals surface area contributed by atoms with Crippen molar-refractivity contribution in [3.05, 3.63) is 59.3 Å². The van der Waals surface area contributed by atoms with Crippen LogP contribution >= 0.6 is 11.3 Å². The zero-order valence-electron chi connectivity index (χ0n) is 13.0. The van der Waals surface area contributed by atoms with Gasteiger partial charge in [0.1, 0.15) is 11.7 Å². The number of amides is 1. The zero-order chi connectivity index (χ0) is 17.2. The fourth-order valence-electron chi connectivity index (χ4n) is 2.59. The molecule has 0 aliphatic heterocycles. The summed E-state index contributed by atoms with van der Waals surface area (Å²) in [6.45, 7) is 0. The Morgan fingerprint density at radius 2 is 2.20 bits per heavy atom. The maximum Gasteiger partial charge on any atom is 0.228 e. The molecule has 0 aromatic carbocycles. The van der Waals surface area contributed by atoms with Crippen LogP contribution in [0, 0.1) is 0 Å². The Hall–Kier alpha value is -3.20. The van der Waals surface area contributed by atoms with Gasteiger partial charge >= 0.3 is 0 Å². The van der Waals surface area contributed by atoms with Crippen molar-refractivity contribution < 1.29 is 4.79 Å². The lowest BCUT2D eigenvalue weighted by Gasteiger charge is -2.10. The number of nitrogens with two attached hydrogens (primary N) is 1. The standard InChI is InChI=1S/C16H13N7OS/c17-15(24)12(4-11-8-25-9-20-11)16-22-21-14-6-19-13(7-23(14)16)10-2-1-3-18-5-10/h1-3,5-9,12H,4H2,(H2,17,24). The Morgan fingerprint density at radius 3 is 2.92 bits per heavy atom. The summed E-state index contributed by atoms with van der Waals surface area (Å²) in [4.78, 5) is 24.7. The number of hydrogen-bond donors (Lipinski definition) is 1. The van der Waals surface area contributed by atoms with Crippen molar-refractivity contribution in [1.29, 1.82) is 0 Å². The number of rotatable bonds is 5. The van der Waals surface area contributed by atoms with Gasteiger partial charge in [0, 0.05) is 36.0 Å². The van der Waals surface area contributed by atoms with E-state index in [4.69, 9.17) is 5.73 Å². The molecule has 1 atom stereocenters. The number of carbonyl (C=O) groups is 1. The number of thiazole rings is 1. The Balaban J connectivity index is 1.79. The lowest BCUT2D eigenvalue weighted by Crippen LogP contribution is -2.25. The number of fused-ring (bicyclic) bond motifs is 1. The first-order chi connectivity index (χ1) is 12.2. The number of aromatic nitrogens is 6. The number of primary amides is 1. The van der Waals surface area contributed by atoms with Crippen molar-refractivity contribution in [3.8, 4) is 11.3 Å². The zero-order valence-corrected chi connectivity index (χ0v) is 13.8. The molecule has 0 saturated carbocycles. The van der Waals surface area contributed by atoms with Crippen molar-refractivity contribution in [2.75, 3.05) is 0 Å². The molecule has 4 aromatic rings. The Labute approximate surface area is 146 Å². The maximum absolute atomic E-state index is 12.0. The van der Waals surface area contributed by atoms with E-state index in [-0.39, 0.29) is 0 Å². The average Bonchev–Trinajstić information content (AvgIpc) is 3.29. The molecule has 0 spiro atoms. The summed E-state index contributed by atoms with van der Waals surface area (Å²) in [5.41, 5.74) is 10.3. The molecule has 4 aromatic heterocycles. The first kappa shape index (κ1) is 15.3. The molecular weight excluding hydrogens is 338 g/mol. The fourth-order valence-corrected chi connectivity index (χ4v) is 3.16. The van der Waals surface area contributed by atoms with Crippen molar-refractivity contribution in [2.24, 2.45) is 5.73 Å². The van der Waals surface area contributed by atoms with Crippen molar-refractivity contribution in [2.45, 2.75) is 12.3 Å². The van der Waals surface area contributed by atoms with Gasteiger partial charge in [-0.1, -0.05) is 0 Å². The average molecular weight is 351 g/mol. The maximum atomic E-state index is 12.0. The van der Waals surface area contributed by atoms with Crippen molar-refractivity contribution >= 4 is 22.9 Å². The molecule has 8 nitrogen and oxygen atoms in total. The molecule has 4 heterocycles. The van der Waals surface area contributed by atoms with Crippen LogP contribution in [-0.2, 0) is 11.2 Å². The SMILES string of the molecule is NC(=O)C(Cc1cscn1)c1nnc2cnc(-c3cccnc3)cn12. The molecule has 2 N–H and O–H groups in total. The summed E-state index contributed by atoms with van der Waals surface area (Å²) in [6.07, 6.45) is 7.20. The minimum Gasteiger partial charge on any atom is -0.369 e. The molecule has 25 heavy (non-hydrogen) atoms. The van der Waals surface area contributed by atoms with Gasteiger partial charge in [-0.15, -0.1) is 21.5 Å². The normalized spacial score (nSPS) is 12.3. The molecule has 1 unspecified atom stereocenters. The van der Waals surface area contributed by atoms with Gasteiger partial charge < -0.3 is 5.73 Å². The lowest BCUT2D eigenvalue weighted by molar-refractivity contribution is -0.119. The smallest absolute Gasteiger partial charge is 0.228 e. The van der Waals surface area contributed by atoms with Crippen LogP contribution in [0.15, 0.2) is 47.8 Å². The van der Waals surface area contributed by atoms with Gasteiger partial charge in [-0.2, -0.15) is 0 Å². The van der Waals surface area contributed by atoms with E-state index in [0.29, 0.717) is 23.6 Å². The Bertz CT molecular complexity index is 1010. The number of carbonyl (C=O) groups excluding carboxylic acids is 1. The van der Waals surface area contributed by atoms with Gasteiger partial charge in [0.15, 0.2) is 5.65 Å². The first-order valence-electron chi connectivity index (χ1n) is 7.50. The highest BCUT2D eigenvalue weighted by Gasteiger charge is 2.25. The fraction of sp³-hybridized carbons (Fsp3) is 0.125. The molecule has 0 radical (unpaired) electrons. The van der Waals surface area contributed by atoms with E-state index in [2.05, 4.69) is 25.1 Å². The monoisotopic (exact) mass is 351 g/mol. The summed E-state index contributed by atoms with van der Waals surface area (Å²) in [5.74, 6) is -0.619. The van der Waals surface area contributed by atoms with Crippen LogP contribution in [0.25, 0.3) is 16.9 Å². The van der Waals surface area contributed by atoms with Crippen LogP contribution in [0.4, 0.5) is 0 Å². The third-order valence-electron chi connectivity index (χ3n) is 3.83. The summed E-state index contributed by atoms with van der Waals surface area (Å²) in [7, 11) is 0. The predicted molar refractivity (Wildman–Crippen MR) is 91.8 cm³/mol. The molecule has 0 saturated heterocycles. The second-order valence-corrected chi connectivity index (χ2v) is 6.16. The molecule has 0 aliphatic carbocycles. The number of nitrogens with zero attached hydrogens (tertiary/aromatic N) is 6. The summed E-state index contributed by atoms with van der Waals surface area (Å²) in [6, 6.07) is 3.74. The quantitative estimate of drug-likeness (QED) is 0.582. The van der Waals surface area contributed by atoms with E-state index in [0.717, 1.165) is 11.3 Å². The highest BCUT2D eigenvalue weighted by atomic mass is 32.1. The minimum absolute atomic E-state index is 0.379.